The van der Waals surface area contributed by atoms with Crippen molar-refractivity contribution in [3.8, 4) is 0 Å². The van der Waals surface area contributed by atoms with Gasteiger partial charge < -0.3 is 9.15 Å². The van der Waals surface area contributed by atoms with Crippen LogP contribution in [0.5, 0.6) is 0 Å². The summed E-state index contributed by atoms with van der Waals surface area (Å²) in [5.74, 6) is 0.541. The van der Waals surface area contributed by atoms with Crippen molar-refractivity contribution in [1.82, 2.24) is 4.98 Å². The van der Waals surface area contributed by atoms with Crippen molar-refractivity contribution in [1.29, 1.82) is 0 Å². The van der Waals surface area contributed by atoms with Crippen LogP contribution in [0.15, 0.2) is 107 Å². The van der Waals surface area contributed by atoms with E-state index in [2.05, 4.69) is 55.1 Å². The van der Waals surface area contributed by atoms with Gasteiger partial charge in [0, 0.05) is 5.57 Å². The van der Waals surface area contributed by atoms with Crippen LogP contribution >= 0.6 is 0 Å². The predicted molar refractivity (Wildman–Crippen MR) is 132 cm³/mol. The second kappa shape index (κ2) is 8.25. The molecule has 2 aliphatic carbocycles. The fraction of sp³-hybridized carbons (Fsp3) is 0.167. The van der Waals surface area contributed by atoms with Gasteiger partial charge in [-0.3, -0.25) is 0 Å². The number of aryl methyl sites for hydroxylation is 2. The van der Waals surface area contributed by atoms with E-state index in [1.54, 1.807) is 0 Å². The monoisotopic (exact) mass is 431 g/mol. The van der Waals surface area contributed by atoms with Crippen LogP contribution in [0.4, 0.5) is 0 Å². The van der Waals surface area contributed by atoms with E-state index < -0.39 is 0 Å². The van der Waals surface area contributed by atoms with Crippen molar-refractivity contribution in [2.45, 2.75) is 31.8 Å². The molecule has 0 bridgehead atoms. The highest BCUT2D eigenvalue weighted by Gasteiger charge is 2.31. The van der Waals surface area contributed by atoms with Gasteiger partial charge in [-0.15, -0.1) is 0 Å². The summed E-state index contributed by atoms with van der Waals surface area (Å²) in [4.78, 5) is 4.73. The van der Waals surface area contributed by atoms with Crippen LogP contribution in [-0.4, -0.2) is 4.98 Å². The SMILES string of the molecule is C=C1/C(=C/OCc2ccc3c(c2)CCC3)C(c2ccccc2)=CC1c1nc2ccccc2o1. The minimum atomic E-state index is -0.123. The first-order valence-corrected chi connectivity index (χ1v) is 11.5. The van der Waals surface area contributed by atoms with E-state index in [1.165, 1.54) is 36.0 Å². The third-order valence-electron chi connectivity index (χ3n) is 6.62. The molecule has 4 aromatic rings. The summed E-state index contributed by atoms with van der Waals surface area (Å²) < 4.78 is 12.2. The molecule has 0 amide bonds. The Kier molecular flexibility index (Phi) is 4.95. The fourth-order valence-electron chi connectivity index (χ4n) is 4.89. The van der Waals surface area contributed by atoms with Crippen molar-refractivity contribution in [2.75, 3.05) is 0 Å². The first-order chi connectivity index (χ1) is 16.3. The average Bonchev–Trinajstić information content (AvgIpc) is 3.56. The molecular weight excluding hydrogens is 406 g/mol. The molecule has 0 saturated heterocycles. The van der Waals surface area contributed by atoms with Crippen molar-refractivity contribution >= 4 is 16.7 Å². The predicted octanol–water partition coefficient (Wildman–Crippen LogP) is 7.15. The number of rotatable bonds is 5. The Morgan fingerprint density at radius 3 is 2.67 bits per heavy atom. The highest BCUT2D eigenvalue weighted by molar-refractivity contribution is 5.89. The summed E-state index contributed by atoms with van der Waals surface area (Å²) in [5.41, 5.74) is 9.97. The Balaban J connectivity index is 1.31. The fourth-order valence-corrected chi connectivity index (χ4v) is 4.89. The molecule has 1 heterocycles. The van der Waals surface area contributed by atoms with E-state index in [0.717, 1.165) is 33.4 Å². The first kappa shape index (κ1) is 19.8. The summed E-state index contributed by atoms with van der Waals surface area (Å²) in [6.07, 6.45) is 7.67. The molecule has 1 atom stereocenters. The minimum Gasteiger partial charge on any atom is -0.496 e. The third kappa shape index (κ3) is 3.70. The summed E-state index contributed by atoms with van der Waals surface area (Å²) in [5, 5.41) is 0. The number of para-hydroxylation sites is 2. The zero-order chi connectivity index (χ0) is 22.2. The molecule has 1 aromatic heterocycles. The molecule has 0 aliphatic heterocycles. The standard InChI is InChI=1S/C30H25NO2/c1-20-25(30-31-28-12-5-6-13-29(28)33-30)17-26(23-8-3-2-4-9-23)27(20)19-32-18-21-14-15-22-10-7-11-24(22)16-21/h2-6,8-9,12-17,19,25H,1,7,10-11,18H2/b27-19-. The largest absolute Gasteiger partial charge is 0.496 e. The van der Waals surface area contributed by atoms with Gasteiger partial charge in [0.25, 0.3) is 0 Å². The second-order valence-corrected chi connectivity index (χ2v) is 8.77. The van der Waals surface area contributed by atoms with Gasteiger partial charge in [0.05, 0.1) is 12.2 Å². The number of fused-ring (bicyclic) bond motifs is 2. The van der Waals surface area contributed by atoms with Crippen LogP contribution in [0, 0.1) is 0 Å². The molecule has 0 spiro atoms. The van der Waals surface area contributed by atoms with Crippen LogP contribution in [-0.2, 0) is 24.2 Å². The molecule has 0 radical (unpaired) electrons. The molecule has 3 aromatic carbocycles. The Morgan fingerprint density at radius 2 is 1.79 bits per heavy atom. The van der Waals surface area contributed by atoms with Crippen molar-refractivity contribution < 1.29 is 9.15 Å². The summed E-state index contributed by atoms with van der Waals surface area (Å²) >= 11 is 0. The lowest BCUT2D eigenvalue weighted by Crippen LogP contribution is -1.97. The Labute approximate surface area is 193 Å². The van der Waals surface area contributed by atoms with Crippen molar-refractivity contribution in [2.24, 2.45) is 0 Å². The van der Waals surface area contributed by atoms with E-state index in [9.17, 15) is 0 Å². The smallest absolute Gasteiger partial charge is 0.206 e. The Bertz CT molecular complexity index is 1370. The molecule has 1 unspecified atom stereocenters. The van der Waals surface area contributed by atoms with Gasteiger partial charge in [0.1, 0.15) is 12.1 Å². The summed E-state index contributed by atoms with van der Waals surface area (Å²) in [6.45, 7) is 4.95. The molecule has 0 fully saturated rings. The van der Waals surface area contributed by atoms with Crippen LogP contribution < -0.4 is 0 Å². The maximum atomic E-state index is 6.11. The van der Waals surface area contributed by atoms with Gasteiger partial charge in [0.2, 0.25) is 5.89 Å². The molecule has 162 valence electrons. The van der Waals surface area contributed by atoms with E-state index in [4.69, 9.17) is 14.1 Å². The van der Waals surface area contributed by atoms with E-state index in [1.807, 2.05) is 36.6 Å². The van der Waals surface area contributed by atoms with E-state index in [-0.39, 0.29) is 5.92 Å². The zero-order valence-electron chi connectivity index (χ0n) is 18.5. The summed E-state index contributed by atoms with van der Waals surface area (Å²) in [7, 11) is 0. The van der Waals surface area contributed by atoms with Gasteiger partial charge in [-0.25, -0.2) is 4.98 Å². The molecule has 3 nitrogen and oxygen atoms in total. The minimum absolute atomic E-state index is 0.123. The molecule has 33 heavy (non-hydrogen) atoms. The van der Waals surface area contributed by atoms with E-state index >= 15 is 0 Å². The van der Waals surface area contributed by atoms with Crippen LogP contribution in [0.2, 0.25) is 0 Å². The number of nitrogens with zero attached hydrogens (tertiary/aromatic N) is 1. The summed E-state index contributed by atoms with van der Waals surface area (Å²) in [6, 6.07) is 24.9. The Morgan fingerprint density at radius 1 is 0.970 bits per heavy atom. The van der Waals surface area contributed by atoms with Crippen LogP contribution in [0.25, 0.3) is 16.7 Å². The highest BCUT2D eigenvalue weighted by Crippen LogP contribution is 2.45. The normalized spacial score (nSPS) is 18.7. The number of benzene rings is 3. The highest BCUT2D eigenvalue weighted by atomic mass is 16.5. The molecule has 2 aliphatic rings. The number of aromatic nitrogens is 1. The van der Waals surface area contributed by atoms with Crippen LogP contribution in [0.1, 0.15) is 40.5 Å². The van der Waals surface area contributed by atoms with Crippen molar-refractivity contribution in [3.63, 3.8) is 0 Å². The van der Waals surface area contributed by atoms with Gasteiger partial charge in [-0.05, 0) is 64.8 Å². The number of allylic oxidation sites excluding steroid dienone is 4. The van der Waals surface area contributed by atoms with E-state index in [0.29, 0.717) is 12.5 Å². The molecular formula is C30H25NO2. The van der Waals surface area contributed by atoms with Gasteiger partial charge in [-0.2, -0.15) is 0 Å². The third-order valence-corrected chi connectivity index (χ3v) is 6.62. The average molecular weight is 432 g/mol. The number of oxazole rings is 1. The maximum absolute atomic E-state index is 6.11. The Hall–Kier alpha value is -3.85. The lowest BCUT2D eigenvalue weighted by Gasteiger charge is -2.11. The second-order valence-electron chi connectivity index (χ2n) is 8.77. The maximum Gasteiger partial charge on any atom is 0.206 e. The topological polar surface area (TPSA) is 35.3 Å². The molecule has 0 N–H and O–H groups in total. The number of hydrogen-bond acceptors (Lipinski definition) is 3. The lowest BCUT2D eigenvalue weighted by molar-refractivity contribution is 0.235. The number of hydrogen-bond donors (Lipinski definition) is 0. The molecule has 0 saturated carbocycles. The molecule has 3 heteroatoms. The van der Waals surface area contributed by atoms with Gasteiger partial charge in [-0.1, -0.05) is 73.3 Å². The zero-order valence-corrected chi connectivity index (χ0v) is 18.5. The molecule has 6 rings (SSSR count). The van der Waals surface area contributed by atoms with Gasteiger partial charge >= 0.3 is 0 Å². The van der Waals surface area contributed by atoms with Crippen molar-refractivity contribution in [3.05, 3.63) is 131 Å². The van der Waals surface area contributed by atoms with Crippen LogP contribution in [0.3, 0.4) is 0 Å². The lowest BCUT2D eigenvalue weighted by atomic mass is 9.98. The van der Waals surface area contributed by atoms with Gasteiger partial charge in [0.15, 0.2) is 5.58 Å². The first-order valence-electron chi connectivity index (χ1n) is 11.5. The quantitative estimate of drug-likeness (QED) is 0.315. The number of ether oxygens (including phenoxy) is 1.